The van der Waals surface area contributed by atoms with E-state index >= 15 is 0 Å². The molecule has 24 heavy (non-hydrogen) atoms. The largest absolute Gasteiger partial charge is 0.337 e. The lowest BCUT2D eigenvalue weighted by atomic mass is 9.93. The minimum Gasteiger partial charge on any atom is -0.337 e. The number of nitrogens with zero attached hydrogens (tertiary/aromatic N) is 5. The molecule has 0 aromatic carbocycles. The van der Waals surface area contributed by atoms with E-state index in [1.54, 1.807) is 0 Å². The second-order valence-corrected chi connectivity index (χ2v) is 8.04. The molecule has 2 aromatic heterocycles. The molecule has 0 bridgehead atoms. The smallest absolute Gasteiger partial charge is 0.138 e. The van der Waals surface area contributed by atoms with Crippen LogP contribution < -0.4 is 5.32 Å². The Bertz CT molecular complexity index is 639. The van der Waals surface area contributed by atoms with Crippen LogP contribution >= 0.6 is 35.5 Å². The van der Waals surface area contributed by atoms with Gasteiger partial charge in [0.25, 0.3) is 0 Å². The highest BCUT2D eigenvalue weighted by atomic mass is 35.5. The minimum absolute atomic E-state index is 0. The number of aryl methyl sites for hydroxylation is 1. The van der Waals surface area contributed by atoms with E-state index in [1.807, 2.05) is 19.4 Å². The van der Waals surface area contributed by atoms with Crippen molar-refractivity contribution in [1.29, 1.82) is 0 Å². The molecule has 1 unspecified atom stereocenters. The van der Waals surface area contributed by atoms with Crippen molar-refractivity contribution in [1.82, 2.24) is 29.4 Å². The van der Waals surface area contributed by atoms with Gasteiger partial charge in [0.05, 0.1) is 6.54 Å². The van der Waals surface area contributed by atoms with E-state index in [1.165, 1.54) is 30.8 Å². The first kappa shape index (κ1) is 18.1. The number of hydrogen-bond acceptors (Lipinski definition) is 6. The fourth-order valence-corrected chi connectivity index (χ4v) is 4.41. The summed E-state index contributed by atoms with van der Waals surface area (Å²) in [6.07, 6.45) is 7.65. The third kappa shape index (κ3) is 3.46. The molecule has 1 spiro atoms. The Balaban J connectivity index is 0.00000169. The molecule has 0 amide bonds. The lowest BCUT2D eigenvalue weighted by Gasteiger charge is -2.29. The van der Waals surface area contributed by atoms with Gasteiger partial charge in [-0.2, -0.15) is 0 Å². The second kappa shape index (κ2) is 7.25. The zero-order valence-corrected chi connectivity index (χ0v) is 16.0. The third-order valence-corrected chi connectivity index (χ3v) is 6.30. The van der Waals surface area contributed by atoms with Gasteiger partial charge in [-0.1, -0.05) is 16.1 Å². The lowest BCUT2D eigenvalue weighted by Crippen LogP contribution is -2.36. The van der Waals surface area contributed by atoms with Crippen LogP contribution in [-0.4, -0.2) is 43.2 Å². The van der Waals surface area contributed by atoms with Crippen molar-refractivity contribution in [2.24, 2.45) is 12.5 Å². The first-order valence-electron chi connectivity index (χ1n) is 8.06. The molecular formula is C15H22Cl2N6S. The highest BCUT2D eigenvalue weighted by Crippen LogP contribution is 2.56. The Kier molecular flexibility index (Phi) is 5.46. The van der Waals surface area contributed by atoms with Gasteiger partial charge in [0.2, 0.25) is 0 Å². The maximum atomic E-state index is 6.24. The normalized spacial score (nSPS) is 21.9. The van der Waals surface area contributed by atoms with Crippen LogP contribution in [0.4, 0.5) is 0 Å². The second-order valence-electron chi connectivity index (χ2n) is 6.68. The van der Waals surface area contributed by atoms with E-state index in [0.29, 0.717) is 15.8 Å². The van der Waals surface area contributed by atoms with Crippen molar-refractivity contribution < 1.29 is 0 Å². The van der Waals surface area contributed by atoms with Crippen LogP contribution in [0.1, 0.15) is 30.8 Å². The van der Waals surface area contributed by atoms with Crippen LogP contribution in [0.3, 0.4) is 0 Å². The Morgan fingerprint density at radius 3 is 2.83 bits per heavy atom. The summed E-state index contributed by atoms with van der Waals surface area (Å²) < 4.78 is 6.77. The Morgan fingerprint density at radius 2 is 2.21 bits per heavy atom. The van der Waals surface area contributed by atoms with Crippen LogP contribution in [0.25, 0.3) is 0 Å². The quantitative estimate of drug-likeness (QED) is 0.852. The summed E-state index contributed by atoms with van der Waals surface area (Å²) in [4.78, 5) is 6.99. The maximum Gasteiger partial charge on any atom is 0.138 e. The molecule has 0 radical (unpaired) electrons. The molecular weight excluding hydrogens is 367 g/mol. The van der Waals surface area contributed by atoms with Gasteiger partial charge in [0.15, 0.2) is 0 Å². The van der Waals surface area contributed by atoms with E-state index in [4.69, 9.17) is 11.6 Å². The molecule has 3 heterocycles. The SMILES string of the molecule is Cl.Cn1ccnc1CN(Cc1nnsc1Cl)C1CC12CCNCC2. The van der Waals surface area contributed by atoms with Crippen molar-refractivity contribution >= 4 is 35.5 Å². The zero-order chi connectivity index (χ0) is 15.9. The predicted molar refractivity (Wildman–Crippen MR) is 97.6 cm³/mol. The Labute approximate surface area is 157 Å². The molecule has 9 heteroatoms. The van der Waals surface area contributed by atoms with Gasteiger partial charge in [0.1, 0.15) is 15.9 Å². The third-order valence-electron chi connectivity index (χ3n) is 5.31. The molecule has 132 valence electrons. The molecule has 4 rings (SSSR count). The summed E-state index contributed by atoms with van der Waals surface area (Å²) in [7, 11) is 2.05. The van der Waals surface area contributed by atoms with Crippen LogP contribution in [0.15, 0.2) is 12.4 Å². The summed E-state index contributed by atoms with van der Waals surface area (Å²) in [5, 5.41) is 7.68. The number of nitrogens with one attached hydrogen (secondary N) is 1. The Hall–Kier alpha value is -0.730. The van der Waals surface area contributed by atoms with Crippen molar-refractivity contribution in [3.05, 3.63) is 28.2 Å². The summed E-state index contributed by atoms with van der Waals surface area (Å²) in [5.74, 6) is 1.08. The van der Waals surface area contributed by atoms with Crippen LogP contribution in [0, 0.1) is 5.41 Å². The van der Waals surface area contributed by atoms with Gasteiger partial charge in [-0.25, -0.2) is 4.98 Å². The molecule has 1 N–H and O–H groups in total. The van der Waals surface area contributed by atoms with Gasteiger partial charge >= 0.3 is 0 Å². The van der Waals surface area contributed by atoms with Crippen LogP contribution in [-0.2, 0) is 20.1 Å². The van der Waals surface area contributed by atoms with E-state index in [-0.39, 0.29) is 12.4 Å². The highest BCUT2D eigenvalue weighted by molar-refractivity contribution is 7.10. The molecule has 1 saturated carbocycles. The van der Waals surface area contributed by atoms with Crippen molar-refractivity contribution in [3.8, 4) is 0 Å². The van der Waals surface area contributed by atoms with Gasteiger partial charge < -0.3 is 9.88 Å². The van der Waals surface area contributed by atoms with Crippen molar-refractivity contribution in [2.75, 3.05) is 13.1 Å². The summed E-state index contributed by atoms with van der Waals surface area (Å²) in [6, 6.07) is 0.596. The molecule has 6 nitrogen and oxygen atoms in total. The van der Waals surface area contributed by atoms with E-state index in [2.05, 4.69) is 29.4 Å². The standard InChI is InChI=1S/C15H21ClN6S.ClH/c1-21-7-6-18-13(21)10-22(9-11-14(16)23-20-19-11)12-8-15(12)2-4-17-5-3-15;/h6-7,12,17H,2-5,8-10H2,1H3;1H. The summed E-state index contributed by atoms with van der Waals surface area (Å²) in [6.45, 7) is 3.84. The number of hydrogen-bond donors (Lipinski definition) is 1. The number of piperidine rings is 1. The number of aromatic nitrogens is 4. The molecule has 1 aliphatic carbocycles. The fraction of sp³-hybridized carbons (Fsp3) is 0.667. The van der Waals surface area contributed by atoms with Crippen LogP contribution in [0.5, 0.6) is 0 Å². The van der Waals surface area contributed by atoms with E-state index < -0.39 is 0 Å². The van der Waals surface area contributed by atoms with Crippen molar-refractivity contribution in [2.45, 2.75) is 38.4 Å². The van der Waals surface area contributed by atoms with Crippen molar-refractivity contribution in [3.63, 3.8) is 0 Å². The monoisotopic (exact) mass is 388 g/mol. The summed E-state index contributed by atoms with van der Waals surface area (Å²) in [5.41, 5.74) is 1.37. The number of rotatable bonds is 5. The maximum absolute atomic E-state index is 6.24. The highest BCUT2D eigenvalue weighted by Gasteiger charge is 2.56. The number of halogens is 2. The average Bonchev–Trinajstić information content (AvgIpc) is 2.86. The zero-order valence-electron chi connectivity index (χ0n) is 13.6. The molecule has 1 atom stereocenters. The lowest BCUT2D eigenvalue weighted by molar-refractivity contribution is 0.181. The van der Waals surface area contributed by atoms with Gasteiger partial charge in [-0.15, -0.1) is 17.5 Å². The van der Waals surface area contributed by atoms with Gasteiger partial charge in [-0.3, -0.25) is 4.90 Å². The van der Waals surface area contributed by atoms with Gasteiger partial charge in [-0.05, 0) is 37.8 Å². The predicted octanol–water partition coefficient (Wildman–Crippen LogP) is 2.49. The minimum atomic E-state index is 0. The fourth-order valence-electron chi connectivity index (χ4n) is 3.80. The summed E-state index contributed by atoms with van der Waals surface area (Å²) >= 11 is 7.50. The number of imidazole rings is 1. The Morgan fingerprint density at radius 1 is 1.42 bits per heavy atom. The molecule has 1 aliphatic heterocycles. The molecule has 2 aliphatic rings. The van der Waals surface area contributed by atoms with E-state index in [9.17, 15) is 0 Å². The van der Waals surface area contributed by atoms with E-state index in [0.717, 1.165) is 37.7 Å². The van der Waals surface area contributed by atoms with Gasteiger partial charge in [0, 0.05) is 43.6 Å². The van der Waals surface area contributed by atoms with Crippen LogP contribution in [0.2, 0.25) is 4.34 Å². The molecule has 2 aromatic rings. The molecule has 1 saturated heterocycles. The average molecular weight is 389 g/mol. The first-order chi connectivity index (χ1) is 11.2. The first-order valence-corrected chi connectivity index (χ1v) is 9.21. The molecule has 2 fully saturated rings. The topological polar surface area (TPSA) is 58.9 Å².